The van der Waals surface area contributed by atoms with Crippen molar-refractivity contribution >= 4 is 5.91 Å². The third kappa shape index (κ3) is 2.11. The first-order chi connectivity index (χ1) is 7.66. The second-order valence-electron chi connectivity index (χ2n) is 3.53. The maximum Gasteiger partial charge on any atom is 0.248 e. The van der Waals surface area contributed by atoms with Crippen LogP contribution in [0.5, 0.6) is 0 Å². The molecule has 0 aliphatic rings. The highest BCUT2D eigenvalue weighted by atomic mass is 19.1. The van der Waals surface area contributed by atoms with Gasteiger partial charge in [0.05, 0.1) is 0 Å². The van der Waals surface area contributed by atoms with Crippen molar-refractivity contribution in [2.75, 3.05) is 0 Å². The molecule has 1 heterocycles. The van der Waals surface area contributed by atoms with Crippen molar-refractivity contribution < 1.29 is 9.18 Å². The maximum absolute atomic E-state index is 13.5. The van der Waals surface area contributed by atoms with E-state index in [0.29, 0.717) is 17.7 Å². The van der Waals surface area contributed by atoms with E-state index in [-0.39, 0.29) is 5.82 Å². The lowest BCUT2D eigenvalue weighted by Gasteiger charge is -2.06. The molecule has 0 fully saturated rings. The Kier molecular flexibility index (Phi) is 2.72. The SMILES string of the molecule is NC(=O)c1ccc(F)c(Cn2cccc2)c1. The third-order valence-corrected chi connectivity index (χ3v) is 2.35. The molecule has 1 amide bonds. The molecular formula is C12H11FN2O. The molecule has 0 radical (unpaired) electrons. The van der Waals surface area contributed by atoms with Gasteiger partial charge in [-0.2, -0.15) is 0 Å². The summed E-state index contributed by atoms with van der Waals surface area (Å²) < 4.78 is 15.3. The van der Waals surface area contributed by atoms with Crippen molar-refractivity contribution in [2.45, 2.75) is 6.54 Å². The van der Waals surface area contributed by atoms with Crippen molar-refractivity contribution in [3.8, 4) is 0 Å². The molecular weight excluding hydrogens is 207 g/mol. The number of hydrogen-bond donors (Lipinski definition) is 1. The van der Waals surface area contributed by atoms with Gasteiger partial charge in [-0.3, -0.25) is 4.79 Å². The van der Waals surface area contributed by atoms with Gasteiger partial charge in [-0.1, -0.05) is 0 Å². The van der Waals surface area contributed by atoms with E-state index in [1.54, 1.807) is 0 Å². The number of amides is 1. The molecule has 0 saturated heterocycles. The summed E-state index contributed by atoms with van der Waals surface area (Å²) in [6, 6.07) is 7.85. The number of nitrogens with zero attached hydrogens (tertiary/aromatic N) is 1. The van der Waals surface area contributed by atoms with Crippen LogP contribution in [0.25, 0.3) is 0 Å². The first-order valence-corrected chi connectivity index (χ1v) is 4.86. The Balaban J connectivity index is 2.32. The summed E-state index contributed by atoms with van der Waals surface area (Å²) in [5.41, 5.74) is 5.91. The summed E-state index contributed by atoms with van der Waals surface area (Å²) in [6.07, 6.45) is 3.66. The van der Waals surface area contributed by atoms with E-state index >= 15 is 0 Å². The van der Waals surface area contributed by atoms with Crippen LogP contribution in [0.2, 0.25) is 0 Å². The highest BCUT2D eigenvalue weighted by Gasteiger charge is 2.07. The zero-order chi connectivity index (χ0) is 11.5. The molecule has 2 N–H and O–H groups in total. The van der Waals surface area contributed by atoms with E-state index < -0.39 is 5.91 Å². The van der Waals surface area contributed by atoms with Crippen LogP contribution in [-0.4, -0.2) is 10.5 Å². The van der Waals surface area contributed by atoms with Crippen molar-refractivity contribution in [3.05, 3.63) is 59.7 Å². The molecule has 82 valence electrons. The van der Waals surface area contributed by atoms with Crippen LogP contribution < -0.4 is 5.73 Å². The van der Waals surface area contributed by atoms with Crippen molar-refractivity contribution in [1.82, 2.24) is 4.57 Å². The Bertz CT molecular complexity index is 506. The van der Waals surface area contributed by atoms with Crippen LogP contribution in [0.15, 0.2) is 42.7 Å². The molecule has 16 heavy (non-hydrogen) atoms. The predicted octanol–water partition coefficient (Wildman–Crippen LogP) is 1.77. The molecule has 2 rings (SSSR count). The average molecular weight is 218 g/mol. The smallest absolute Gasteiger partial charge is 0.248 e. The van der Waals surface area contributed by atoms with E-state index in [4.69, 9.17) is 5.73 Å². The topological polar surface area (TPSA) is 48.0 Å². The van der Waals surface area contributed by atoms with E-state index in [9.17, 15) is 9.18 Å². The minimum Gasteiger partial charge on any atom is -0.366 e. The number of benzene rings is 1. The molecule has 0 atom stereocenters. The fraction of sp³-hybridized carbons (Fsp3) is 0.0833. The predicted molar refractivity (Wildman–Crippen MR) is 58.5 cm³/mol. The van der Waals surface area contributed by atoms with E-state index in [1.807, 2.05) is 29.1 Å². The van der Waals surface area contributed by atoms with E-state index in [1.165, 1.54) is 18.2 Å². The second kappa shape index (κ2) is 4.18. The summed E-state index contributed by atoms with van der Waals surface area (Å²) in [7, 11) is 0. The zero-order valence-corrected chi connectivity index (χ0v) is 8.56. The number of carbonyl (C=O) groups is 1. The maximum atomic E-state index is 13.5. The minimum atomic E-state index is -0.547. The van der Waals surface area contributed by atoms with Crippen LogP contribution in [-0.2, 0) is 6.54 Å². The lowest BCUT2D eigenvalue weighted by molar-refractivity contribution is 0.1000. The lowest BCUT2D eigenvalue weighted by Crippen LogP contribution is -2.12. The monoisotopic (exact) mass is 218 g/mol. The molecule has 0 bridgehead atoms. The van der Waals surface area contributed by atoms with E-state index in [0.717, 1.165) is 0 Å². The lowest BCUT2D eigenvalue weighted by atomic mass is 10.1. The minimum absolute atomic E-state index is 0.323. The van der Waals surface area contributed by atoms with Gasteiger partial charge in [0.1, 0.15) is 5.82 Å². The van der Waals surface area contributed by atoms with Gasteiger partial charge in [0, 0.05) is 30.1 Å². The van der Waals surface area contributed by atoms with Crippen molar-refractivity contribution in [2.24, 2.45) is 5.73 Å². The Hall–Kier alpha value is -2.10. The average Bonchev–Trinajstić information content (AvgIpc) is 2.73. The van der Waals surface area contributed by atoms with Gasteiger partial charge >= 0.3 is 0 Å². The molecule has 2 aromatic rings. The Morgan fingerprint density at radius 3 is 2.62 bits per heavy atom. The molecule has 0 aliphatic carbocycles. The highest BCUT2D eigenvalue weighted by molar-refractivity contribution is 5.92. The Morgan fingerprint density at radius 2 is 2.00 bits per heavy atom. The van der Waals surface area contributed by atoms with Gasteiger partial charge in [0.2, 0.25) is 5.91 Å². The normalized spacial score (nSPS) is 10.3. The number of nitrogens with two attached hydrogens (primary N) is 1. The number of primary amides is 1. The molecule has 4 heteroatoms. The summed E-state index contributed by atoms with van der Waals surface area (Å²) in [5, 5.41) is 0. The summed E-state index contributed by atoms with van der Waals surface area (Å²) in [5.74, 6) is -0.882. The molecule has 0 unspecified atom stereocenters. The van der Waals surface area contributed by atoms with Gasteiger partial charge in [-0.25, -0.2) is 4.39 Å². The standard InChI is InChI=1S/C12H11FN2O/c13-11-4-3-9(12(14)16)7-10(11)8-15-5-1-2-6-15/h1-7H,8H2,(H2,14,16). The number of halogens is 1. The van der Waals surface area contributed by atoms with Gasteiger partial charge in [-0.05, 0) is 30.3 Å². The molecule has 3 nitrogen and oxygen atoms in total. The summed E-state index contributed by atoms with van der Waals surface area (Å²) >= 11 is 0. The zero-order valence-electron chi connectivity index (χ0n) is 8.56. The van der Waals surface area contributed by atoms with Gasteiger partial charge in [0.15, 0.2) is 0 Å². The van der Waals surface area contributed by atoms with Gasteiger partial charge < -0.3 is 10.3 Å². The van der Waals surface area contributed by atoms with Crippen LogP contribution in [0.1, 0.15) is 15.9 Å². The van der Waals surface area contributed by atoms with Crippen LogP contribution in [0.3, 0.4) is 0 Å². The number of carbonyl (C=O) groups excluding carboxylic acids is 1. The van der Waals surface area contributed by atoms with Crippen LogP contribution >= 0.6 is 0 Å². The van der Waals surface area contributed by atoms with E-state index in [2.05, 4.69) is 0 Å². The van der Waals surface area contributed by atoms with Crippen molar-refractivity contribution in [1.29, 1.82) is 0 Å². The molecule has 1 aromatic heterocycles. The highest BCUT2D eigenvalue weighted by Crippen LogP contribution is 2.12. The quantitative estimate of drug-likeness (QED) is 0.838. The van der Waals surface area contributed by atoms with Gasteiger partial charge in [-0.15, -0.1) is 0 Å². The summed E-state index contributed by atoms with van der Waals surface area (Å²) in [4.78, 5) is 11.0. The first-order valence-electron chi connectivity index (χ1n) is 4.86. The second-order valence-corrected chi connectivity index (χ2v) is 3.53. The Labute approximate surface area is 92.3 Å². The van der Waals surface area contributed by atoms with Gasteiger partial charge in [0.25, 0.3) is 0 Å². The molecule has 1 aromatic carbocycles. The molecule has 0 saturated carbocycles. The number of rotatable bonds is 3. The number of hydrogen-bond acceptors (Lipinski definition) is 1. The third-order valence-electron chi connectivity index (χ3n) is 2.35. The molecule has 0 spiro atoms. The molecule has 0 aliphatic heterocycles. The summed E-state index contributed by atoms with van der Waals surface area (Å²) in [6.45, 7) is 0.389. The van der Waals surface area contributed by atoms with Crippen LogP contribution in [0, 0.1) is 5.82 Å². The first kappa shape index (κ1) is 10.4. The fourth-order valence-electron chi connectivity index (χ4n) is 1.52. The fourth-order valence-corrected chi connectivity index (χ4v) is 1.52. The largest absolute Gasteiger partial charge is 0.366 e. The van der Waals surface area contributed by atoms with Crippen molar-refractivity contribution in [3.63, 3.8) is 0 Å². The Morgan fingerprint density at radius 1 is 1.31 bits per heavy atom. The number of aromatic nitrogens is 1. The van der Waals surface area contributed by atoms with Crippen LogP contribution in [0.4, 0.5) is 4.39 Å².